The number of nitrogens with one attached hydrogen (secondary N) is 2. The zero-order valence-electron chi connectivity index (χ0n) is 30.0. The predicted octanol–water partition coefficient (Wildman–Crippen LogP) is 5.92. The van der Waals surface area contributed by atoms with E-state index in [-0.39, 0.29) is 36.0 Å². The van der Waals surface area contributed by atoms with Crippen molar-refractivity contribution in [2.75, 3.05) is 32.1 Å². The third kappa shape index (κ3) is 9.34. The Kier molecular flexibility index (Phi) is 12.5. The van der Waals surface area contributed by atoms with Crippen LogP contribution in [0.2, 0.25) is 0 Å². The molecule has 6 unspecified atom stereocenters. The molecule has 0 spiro atoms. The van der Waals surface area contributed by atoms with Crippen molar-refractivity contribution in [3.05, 3.63) is 131 Å². The van der Waals surface area contributed by atoms with E-state index in [0.717, 1.165) is 53.7 Å². The molecule has 0 bridgehead atoms. The fraction of sp³-hybridized carbons (Fsp3) is 0.390. The van der Waals surface area contributed by atoms with Crippen molar-refractivity contribution in [1.82, 2.24) is 9.62 Å². The van der Waals surface area contributed by atoms with Crippen LogP contribution < -0.4 is 10.0 Å². The van der Waals surface area contributed by atoms with E-state index < -0.39 is 28.3 Å². The Bertz CT molecular complexity index is 1860. The lowest BCUT2D eigenvalue weighted by Crippen LogP contribution is -2.46. The smallest absolute Gasteiger partial charge is 0.242 e. The third-order valence-electron chi connectivity index (χ3n) is 10.1. The maximum absolute atomic E-state index is 13.7. The van der Waals surface area contributed by atoms with E-state index in [1.54, 1.807) is 31.4 Å². The summed E-state index contributed by atoms with van der Waals surface area (Å²) in [4.78, 5) is 16.3. The number of likely N-dealkylation sites (tertiary alicyclic amines) is 1. The number of benzene rings is 4. The van der Waals surface area contributed by atoms with E-state index in [2.05, 4.69) is 21.9 Å². The monoisotopic (exact) mass is 727 g/mol. The molecule has 2 aliphatic heterocycles. The molecule has 4 aromatic rings. The van der Waals surface area contributed by atoms with Crippen LogP contribution in [0.1, 0.15) is 60.0 Å². The second-order valence-corrected chi connectivity index (χ2v) is 15.6. The van der Waals surface area contributed by atoms with Crippen LogP contribution in [0.15, 0.2) is 108 Å². The van der Waals surface area contributed by atoms with Gasteiger partial charge >= 0.3 is 0 Å². The summed E-state index contributed by atoms with van der Waals surface area (Å²) in [5.41, 5.74) is 4.91. The summed E-state index contributed by atoms with van der Waals surface area (Å²) in [5, 5.41) is 12.5. The fourth-order valence-electron chi connectivity index (χ4n) is 7.04. The van der Waals surface area contributed by atoms with Gasteiger partial charge in [0.25, 0.3) is 0 Å². The summed E-state index contributed by atoms with van der Waals surface area (Å²) in [6, 6.07) is 30.3. The van der Waals surface area contributed by atoms with Gasteiger partial charge in [0, 0.05) is 36.9 Å². The van der Waals surface area contributed by atoms with Crippen LogP contribution in [0.25, 0.3) is 0 Å². The van der Waals surface area contributed by atoms with Crippen LogP contribution in [-0.4, -0.2) is 69.3 Å². The summed E-state index contributed by atoms with van der Waals surface area (Å²) < 4.78 is 48.2. The van der Waals surface area contributed by atoms with Crippen molar-refractivity contribution >= 4 is 21.6 Å². The van der Waals surface area contributed by atoms with Gasteiger partial charge in [-0.25, -0.2) is 8.42 Å². The van der Waals surface area contributed by atoms with E-state index in [4.69, 9.17) is 14.2 Å². The quantitative estimate of drug-likeness (QED) is 0.146. The first-order valence-electron chi connectivity index (χ1n) is 17.9. The number of ether oxygens (including phenoxy) is 3. The molecule has 0 aromatic heterocycles. The first-order chi connectivity index (χ1) is 25.1. The van der Waals surface area contributed by atoms with Gasteiger partial charge < -0.3 is 24.6 Å². The number of aliphatic hydroxyl groups excluding tert-OH is 1. The van der Waals surface area contributed by atoms with Gasteiger partial charge in [0.15, 0.2) is 6.29 Å². The number of sulfonamides is 1. The Morgan fingerprint density at radius 1 is 0.923 bits per heavy atom. The Morgan fingerprint density at radius 3 is 2.29 bits per heavy atom. The Labute approximate surface area is 307 Å². The normalized spacial score (nSPS) is 23.0. The highest BCUT2D eigenvalue weighted by Crippen LogP contribution is 2.42. The summed E-state index contributed by atoms with van der Waals surface area (Å²) in [6.07, 6.45) is 1.34. The molecular formula is C41H49N3O7S. The number of carbonyl (C=O) groups excluding carboxylic acids is 1. The van der Waals surface area contributed by atoms with Crippen molar-refractivity contribution < 1.29 is 32.5 Å². The van der Waals surface area contributed by atoms with Gasteiger partial charge in [-0.05, 0) is 73.7 Å². The summed E-state index contributed by atoms with van der Waals surface area (Å²) in [7, 11) is -2.24. The zero-order valence-corrected chi connectivity index (χ0v) is 30.8. The molecule has 4 aromatic carbocycles. The van der Waals surface area contributed by atoms with Gasteiger partial charge in [0.05, 0.1) is 30.3 Å². The maximum Gasteiger partial charge on any atom is 0.242 e. The molecule has 276 valence electrons. The minimum Gasteiger partial charge on any atom is -0.392 e. The number of nitrogens with zero attached hydrogens (tertiary/aromatic N) is 1. The number of hydrogen-bond acceptors (Lipinski definition) is 8. The average molecular weight is 728 g/mol. The summed E-state index contributed by atoms with van der Waals surface area (Å²) in [6.45, 7) is 6.43. The molecule has 0 saturated carbocycles. The Balaban J connectivity index is 1.20. The first kappa shape index (κ1) is 37.8. The second-order valence-electron chi connectivity index (χ2n) is 13.9. The molecule has 2 fully saturated rings. The molecule has 2 saturated heterocycles. The lowest BCUT2D eigenvalue weighted by atomic mass is 9.90. The van der Waals surface area contributed by atoms with Crippen molar-refractivity contribution in [3.8, 4) is 0 Å². The number of amides is 1. The van der Waals surface area contributed by atoms with E-state index in [0.29, 0.717) is 18.3 Å². The minimum absolute atomic E-state index is 0.0277. The Morgan fingerprint density at radius 2 is 1.62 bits per heavy atom. The molecule has 6 rings (SSSR count). The second kappa shape index (κ2) is 17.3. The van der Waals surface area contributed by atoms with Gasteiger partial charge in [-0.15, -0.1) is 0 Å². The minimum atomic E-state index is -3.98. The van der Waals surface area contributed by atoms with E-state index in [1.165, 1.54) is 12.1 Å². The van der Waals surface area contributed by atoms with Gasteiger partial charge in [0.1, 0.15) is 6.04 Å². The van der Waals surface area contributed by atoms with Crippen molar-refractivity contribution in [2.45, 2.75) is 75.2 Å². The SMILES string of the molecule is COCC1CCCN1CC1OC(c2ccc(NC(=O)C(Cc3ccccc3)NS(=O)(=O)c3ccc(C)cc3)cc2)OC(c2ccc(CO)cc2)C1C. The topological polar surface area (TPSA) is 126 Å². The number of methoxy groups -OCH3 is 1. The van der Waals surface area contributed by atoms with Crippen molar-refractivity contribution in [1.29, 1.82) is 0 Å². The molecule has 2 heterocycles. The van der Waals surface area contributed by atoms with Crippen LogP contribution in [-0.2, 0) is 42.1 Å². The molecule has 6 atom stereocenters. The number of aryl methyl sites for hydroxylation is 1. The van der Waals surface area contributed by atoms with E-state index in [1.807, 2.05) is 73.7 Å². The maximum atomic E-state index is 13.7. The van der Waals surface area contributed by atoms with Crippen LogP contribution in [0.4, 0.5) is 5.69 Å². The number of hydrogen-bond donors (Lipinski definition) is 3. The van der Waals surface area contributed by atoms with E-state index >= 15 is 0 Å². The molecule has 1 amide bonds. The van der Waals surface area contributed by atoms with Crippen LogP contribution in [0, 0.1) is 12.8 Å². The zero-order chi connectivity index (χ0) is 36.7. The lowest BCUT2D eigenvalue weighted by Gasteiger charge is -2.43. The third-order valence-corrected chi connectivity index (χ3v) is 11.6. The first-order valence-corrected chi connectivity index (χ1v) is 19.4. The molecule has 0 aliphatic carbocycles. The molecular weight excluding hydrogens is 679 g/mol. The van der Waals surface area contributed by atoms with Crippen LogP contribution >= 0.6 is 0 Å². The molecule has 52 heavy (non-hydrogen) atoms. The highest BCUT2D eigenvalue weighted by atomic mass is 32.2. The van der Waals surface area contributed by atoms with E-state index in [9.17, 15) is 18.3 Å². The summed E-state index contributed by atoms with van der Waals surface area (Å²) in [5.74, 6) is -0.433. The largest absolute Gasteiger partial charge is 0.392 e. The summed E-state index contributed by atoms with van der Waals surface area (Å²) >= 11 is 0. The van der Waals surface area contributed by atoms with Crippen LogP contribution in [0.3, 0.4) is 0 Å². The predicted molar refractivity (Wildman–Crippen MR) is 200 cm³/mol. The lowest BCUT2D eigenvalue weighted by molar-refractivity contribution is -0.276. The molecule has 10 nitrogen and oxygen atoms in total. The highest BCUT2D eigenvalue weighted by Gasteiger charge is 2.40. The molecule has 0 radical (unpaired) electrons. The Hall–Kier alpha value is -3.94. The van der Waals surface area contributed by atoms with Gasteiger partial charge in [-0.3, -0.25) is 9.69 Å². The molecule has 2 aliphatic rings. The molecule has 11 heteroatoms. The standard InChI is InChI=1S/C41H49N3O7S/c1-28-11-21-36(22-12-28)52(47,48)43-37(24-30-8-5-4-6-9-30)40(46)42-34-19-17-33(18-20-34)41-50-38(25-44-23-7-10-35(44)27-49-3)29(2)39(51-41)32-15-13-31(26-45)14-16-32/h4-6,8-9,11-22,29,35,37-39,41,43,45H,7,10,23-27H2,1-3H3,(H,42,46). The number of rotatable bonds is 14. The van der Waals surface area contributed by atoms with Gasteiger partial charge in [-0.2, -0.15) is 4.72 Å². The number of aliphatic hydroxyl groups is 1. The average Bonchev–Trinajstić information content (AvgIpc) is 3.59. The van der Waals surface area contributed by atoms with Crippen molar-refractivity contribution in [2.24, 2.45) is 5.92 Å². The highest BCUT2D eigenvalue weighted by molar-refractivity contribution is 7.89. The number of anilines is 1. The van der Waals surface area contributed by atoms with Crippen molar-refractivity contribution in [3.63, 3.8) is 0 Å². The van der Waals surface area contributed by atoms with Gasteiger partial charge in [-0.1, -0.05) is 91.3 Å². The fourth-order valence-corrected chi connectivity index (χ4v) is 8.23. The number of carbonyl (C=O) groups is 1. The van der Waals surface area contributed by atoms with Crippen LogP contribution in [0.5, 0.6) is 0 Å². The molecule has 3 N–H and O–H groups in total. The van der Waals surface area contributed by atoms with Gasteiger partial charge in [0.2, 0.25) is 15.9 Å².